The van der Waals surface area contributed by atoms with Crippen LogP contribution in [-0.4, -0.2) is 13.1 Å². The summed E-state index contributed by atoms with van der Waals surface area (Å²) in [6, 6.07) is 12.2. The summed E-state index contributed by atoms with van der Waals surface area (Å²) in [6.07, 6.45) is 3.54. The smallest absolute Gasteiger partial charge is 0.123 e. The molecular weight excluding hydrogens is 311 g/mol. The van der Waals surface area contributed by atoms with E-state index in [1.165, 1.54) is 29.7 Å². The quantitative estimate of drug-likeness (QED) is 0.770. The molecule has 0 radical (unpaired) electrons. The Morgan fingerprint density at radius 1 is 1.08 bits per heavy atom. The Morgan fingerprint density at radius 2 is 1.84 bits per heavy atom. The van der Waals surface area contributed by atoms with Crippen LogP contribution in [-0.2, 0) is 5.41 Å². The number of rotatable bonds is 2. The highest BCUT2D eigenvalue weighted by Gasteiger charge is 2.34. The van der Waals surface area contributed by atoms with Crippen molar-refractivity contribution in [2.45, 2.75) is 51.5 Å². The van der Waals surface area contributed by atoms with E-state index in [1.54, 1.807) is 12.1 Å². The fourth-order valence-corrected chi connectivity index (χ4v) is 4.40. The second kappa shape index (κ2) is 6.05. The molecule has 25 heavy (non-hydrogen) atoms. The Kier molecular flexibility index (Phi) is 3.98. The monoisotopic (exact) mass is 338 g/mol. The van der Waals surface area contributed by atoms with Gasteiger partial charge in [-0.3, -0.25) is 0 Å². The van der Waals surface area contributed by atoms with E-state index in [-0.39, 0.29) is 17.3 Å². The van der Waals surface area contributed by atoms with E-state index in [0.717, 1.165) is 30.8 Å². The predicted molar refractivity (Wildman–Crippen MR) is 103 cm³/mol. The summed E-state index contributed by atoms with van der Waals surface area (Å²) in [4.78, 5) is 2.51. The fraction of sp³-hybridized carbons (Fsp3) is 0.455. The maximum atomic E-state index is 13.7. The summed E-state index contributed by atoms with van der Waals surface area (Å²) in [7, 11) is 0. The van der Waals surface area contributed by atoms with E-state index in [0.29, 0.717) is 0 Å². The minimum atomic E-state index is -0.154. The van der Waals surface area contributed by atoms with Gasteiger partial charge in [-0.1, -0.05) is 26.0 Å². The van der Waals surface area contributed by atoms with Crippen molar-refractivity contribution >= 4 is 11.4 Å². The Bertz CT molecular complexity index is 791. The van der Waals surface area contributed by atoms with Crippen LogP contribution in [0.3, 0.4) is 0 Å². The second-order valence-electron chi connectivity index (χ2n) is 8.21. The molecule has 0 spiro atoms. The number of hydrogen-bond acceptors (Lipinski definition) is 2. The van der Waals surface area contributed by atoms with Gasteiger partial charge in [-0.05, 0) is 72.6 Å². The Hall–Kier alpha value is -2.03. The molecule has 1 atom stereocenters. The van der Waals surface area contributed by atoms with Crippen LogP contribution in [0.25, 0.3) is 0 Å². The van der Waals surface area contributed by atoms with Crippen molar-refractivity contribution in [3.63, 3.8) is 0 Å². The van der Waals surface area contributed by atoms with Crippen LogP contribution >= 0.6 is 0 Å². The minimum absolute atomic E-state index is 0.0496. The van der Waals surface area contributed by atoms with Crippen LogP contribution in [0.1, 0.15) is 55.8 Å². The first-order chi connectivity index (χ1) is 11.9. The number of anilines is 2. The molecule has 0 bridgehead atoms. The van der Waals surface area contributed by atoms with Crippen LogP contribution in [0, 0.1) is 12.7 Å². The lowest BCUT2D eigenvalue weighted by atomic mass is 9.74. The maximum absolute atomic E-state index is 13.7. The van der Waals surface area contributed by atoms with Crippen molar-refractivity contribution in [2.24, 2.45) is 0 Å². The average Bonchev–Trinajstić information content (AvgIpc) is 3.10. The summed E-state index contributed by atoms with van der Waals surface area (Å²) < 4.78 is 13.7. The van der Waals surface area contributed by atoms with E-state index in [9.17, 15) is 4.39 Å². The molecule has 2 aliphatic rings. The molecule has 2 heterocycles. The highest BCUT2D eigenvalue weighted by molar-refractivity contribution is 5.61. The zero-order chi connectivity index (χ0) is 17.6. The summed E-state index contributed by atoms with van der Waals surface area (Å²) in [6.45, 7) is 8.96. The van der Waals surface area contributed by atoms with Crippen molar-refractivity contribution in [3.8, 4) is 0 Å². The van der Waals surface area contributed by atoms with Gasteiger partial charge < -0.3 is 10.2 Å². The van der Waals surface area contributed by atoms with Crippen LogP contribution < -0.4 is 10.2 Å². The molecule has 1 saturated heterocycles. The second-order valence-corrected chi connectivity index (χ2v) is 8.21. The number of benzene rings is 2. The van der Waals surface area contributed by atoms with Crippen LogP contribution in [0.4, 0.5) is 15.8 Å². The molecule has 2 aromatic rings. The molecule has 0 amide bonds. The number of fused-ring (bicyclic) bond motifs is 1. The van der Waals surface area contributed by atoms with E-state index in [1.807, 2.05) is 6.07 Å². The Balaban J connectivity index is 1.69. The lowest BCUT2D eigenvalue weighted by Gasteiger charge is -2.39. The molecule has 2 nitrogen and oxygen atoms in total. The average molecular weight is 338 g/mol. The zero-order valence-electron chi connectivity index (χ0n) is 15.4. The molecule has 1 N–H and O–H groups in total. The van der Waals surface area contributed by atoms with Crippen molar-refractivity contribution in [1.82, 2.24) is 0 Å². The summed E-state index contributed by atoms with van der Waals surface area (Å²) in [5.41, 5.74) is 6.14. The van der Waals surface area contributed by atoms with Crippen LogP contribution in [0.2, 0.25) is 0 Å². The molecule has 3 heteroatoms. The lowest BCUT2D eigenvalue weighted by Crippen LogP contribution is -2.31. The van der Waals surface area contributed by atoms with Gasteiger partial charge in [0.2, 0.25) is 0 Å². The third-order valence-corrected chi connectivity index (χ3v) is 5.84. The Morgan fingerprint density at radius 3 is 2.60 bits per heavy atom. The summed E-state index contributed by atoms with van der Waals surface area (Å²) in [5, 5.41) is 3.65. The number of nitrogens with zero attached hydrogens (tertiary/aromatic N) is 1. The van der Waals surface area contributed by atoms with Gasteiger partial charge in [-0.15, -0.1) is 0 Å². The number of nitrogens with one attached hydrogen (secondary N) is 1. The lowest BCUT2D eigenvalue weighted by molar-refractivity contribution is 0.424. The molecule has 0 aliphatic carbocycles. The third-order valence-electron chi connectivity index (χ3n) is 5.84. The standard InChI is InChI=1S/C22H27FN2/c1-15-6-7-16(12-21(15)25-10-4-5-11-25)20-14-22(2,3)18-13-17(23)8-9-19(18)24-20/h6-9,12-13,20,24H,4-5,10-11,14H2,1-3H3. The van der Waals surface area contributed by atoms with Gasteiger partial charge in [0.15, 0.2) is 0 Å². The van der Waals surface area contributed by atoms with E-state index in [4.69, 9.17) is 0 Å². The van der Waals surface area contributed by atoms with Gasteiger partial charge >= 0.3 is 0 Å². The van der Waals surface area contributed by atoms with Gasteiger partial charge in [0.1, 0.15) is 5.82 Å². The number of aryl methyl sites for hydroxylation is 1. The highest BCUT2D eigenvalue weighted by Crippen LogP contribution is 2.44. The normalized spacial score (nSPS) is 21.8. The number of hydrogen-bond donors (Lipinski definition) is 1. The molecule has 0 aromatic heterocycles. The van der Waals surface area contributed by atoms with Gasteiger partial charge in [-0.2, -0.15) is 0 Å². The molecule has 0 saturated carbocycles. The summed E-state index contributed by atoms with van der Waals surface area (Å²) >= 11 is 0. The van der Waals surface area contributed by atoms with Gasteiger partial charge in [-0.25, -0.2) is 4.39 Å². The SMILES string of the molecule is Cc1ccc(C2CC(C)(C)c3cc(F)ccc3N2)cc1N1CCCC1. The molecule has 1 fully saturated rings. The van der Waals surface area contributed by atoms with Crippen LogP contribution in [0.5, 0.6) is 0 Å². The molecule has 4 rings (SSSR count). The van der Waals surface area contributed by atoms with Gasteiger partial charge in [0.05, 0.1) is 6.04 Å². The first-order valence-corrected chi connectivity index (χ1v) is 9.36. The molecule has 2 aliphatic heterocycles. The fourth-order valence-electron chi connectivity index (χ4n) is 4.40. The van der Waals surface area contributed by atoms with Gasteiger partial charge in [0, 0.05) is 24.5 Å². The number of halogens is 1. The predicted octanol–water partition coefficient (Wildman–Crippen LogP) is 5.57. The zero-order valence-corrected chi connectivity index (χ0v) is 15.4. The van der Waals surface area contributed by atoms with Crippen molar-refractivity contribution < 1.29 is 4.39 Å². The maximum Gasteiger partial charge on any atom is 0.123 e. The summed E-state index contributed by atoms with van der Waals surface area (Å²) in [5.74, 6) is -0.154. The van der Waals surface area contributed by atoms with Crippen LogP contribution in [0.15, 0.2) is 36.4 Å². The van der Waals surface area contributed by atoms with Crippen molar-refractivity contribution in [1.29, 1.82) is 0 Å². The third kappa shape index (κ3) is 3.01. The van der Waals surface area contributed by atoms with E-state index >= 15 is 0 Å². The topological polar surface area (TPSA) is 15.3 Å². The Labute approximate surface area is 150 Å². The van der Waals surface area contributed by atoms with E-state index in [2.05, 4.69) is 49.2 Å². The molecule has 2 aromatic carbocycles. The molecule has 1 unspecified atom stereocenters. The van der Waals surface area contributed by atoms with Crippen molar-refractivity contribution in [2.75, 3.05) is 23.3 Å². The minimum Gasteiger partial charge on any atom is -0.378 e. The largest absolute Gasteiger partial charge is 0.378 e. The highest BCUT2D eigenvalue weighted by atomic mass is 19.1. The molecular formula is C22H27FN2. The van der Waals surface area contributed by atoms with E-state index < -0.39 is 0 Å². The first-order valence-electron chi connectivity index (χ1n) is 9.36. The van der Waals surface area contributed by atoms with Crippen molar-refractivity contribution in [3.05, 3.63) is 58.9 Å². The van der Waals surface area contributed by atoms with Gasteiger partial charge in [0.25, 0.3) is 0 Å². The molecule has 132 valence electrons. The first kappa shape index (κ1) is 16.4.